The first-order valence-corrected chi connectivity index (χ1v) is 6.55. The topological polar surface area (TPSA) is 64.8 Å². The van der Waals surface area contributed by atoms with Gasteiger partial charge in [0, 0.05) is 33.9 Å². The Morgan fingerprint density at radius 3 is 2.28 bits per heavy atom. The molecule has 0 saturated heterocycles. The number of hydrogen-bond acceptors (Lipinski definition) is 4. The molecule has 5 heteroatoms. The Labute approximate surface area is 111 Å². The highest BCUT2D eigenvalue weighted by molar-refractivity contribution is 5.81. The van der Waals surface area contributed by atoms with Crippen LogP contribution in [0.4, 0.5) is 0 Å². The maximum atomic E-state index is 12.2. The van der Waals surface area contributed by atoms with E-state index < -0.39 is 6.04 Å². The van der Waals surface area contributed by atoms with E-state index in [1.165, 1.54) is 0 Å². The molecule has 0 aliphatic heterocycles. The van der Waals surface area contributed by atoms with Gasteiger partial charge >= 0.3 is 0 Å². The summed E-state index contributed by atoms with van der Waals surface area (Å²) in [5, 5.41) is 0. The van der Waals surface area contributed by atoms with Crippen molar-refractivity contribution >= 4 is 5.91 Å². The highest BCUT2D eigenvalue weighted by atomic mass is 16.5. The van der Waals surface area contributed by atoms with Gasteiger partial charge in [-0.15, -0.1) is 0 Å². The number of methoxy groups -OCH3 is 2. The minimum Gasteiger partial charge on any atom is -0.385 e. The Morgan fingerprint density at radius 2 is 1.78 bits per heavy atom. The number of nitrogens with two attached hydrogens (primary N) is 1. The quantitative estimate of drug-likeness (QED) is 0.592. The summed E-state index contributed by atoms with van der Waals surface area (Å²) < 4.78 is 10.0. The van der Waals surface area contributed by atoms with Crippen molar-refractivity contribution in [1.82, 2.24) is 4.90 Å². The molecule has 0 bridgehead atoms. The molecule has 0 rings (SSSR count). The molecule has 0 radical (unpaired) electrons. The summed E-state index contributed by atoms with van der Waals surface area (Å²) in [4.78, 5) is 14.0. The number of amides is 1. The molecule has 0 aromatic heterocycles. The molecule has 5 nitrogen and oxygen atoms in total. The minimum atomic E-state index is -0.413. The SMILES string of the molecule is COCCCN(CCOC)C(=O)C(N)CC(C)C. The lowest BCUT2D eigenvalue weighted by atomic mass is 10.0. The molecule has 0 aromatic rings. The lowest BCUT2D eigenvalue weighted by Gasteiger charge is -2.26. The van der Waals surface area contributed by atoms with Crippen molar-refractivity contribution in [2.75, 3.05) is 40.5 Å². The number of hydrogen-bond donors (Lipinski definition) is 1. The highest BCUT2D eigenvalue weighted by Gasteiger charge is 2.21. The van der Waals surface area contributed by atoms with Crippen LogP contribution in [0.1, 0.15) is 26.7 Å². The molecule has 1 atom stereocenters. The van der Waals surface area contributed by atoms with Gasteiger partial charge in [-0.3, -0.25) is 4.79 Å². The predicted octanol–water partition coefficient (Wildman–Crippen LogP) is 0.871. The number of rotatable bonds is 10. The summed E-state index contributed by atoms with van der Waals surface area (Å²) in [6.07, 6.45) is 1.53. The number of carbonyl (C=O) groups is 1. The average Bonchev–Trinajstić information content (AvgIpc) is 2.32. The molecule has 0 saturated carbocycles. The third-order valence-electron chi connectivity index (χ3n) is 2.70. The molecule has 18 heavy (non-hydrogen) atoms. The molecule has 0 aliphatic rings. The smallest absolute Gasteiger partial charge is 0.239 e. The van der Waals surface area contributed by atoms with Crippen molar-refractivity contribution in [2.45, 2.75) is 32.7 Å². The summed E-state index contributed by atoms with van der Waals surface area (Å²) in [5.74, 6) is 0.434. The van der Waals surface area contributed by atoms with Crippen molar-refractivity contribution in [2.24, 2.45) is 11.7 Å². The van der Waals surface area contributed by atoms with Gasteiger partial charge in [-0.1, -0.05) is 13.8 Å². The number of ether oxygens (including phenoxy) is 2. The third-order valence-corrected chi connectivity index (χ3v) is 2.70. The molecule has 0 heterocycles. The molecule has 0 aliphatic carbocycles. The van der Waals surface area contributed by atoms with E-state index in [1.807, 2.05) is 0 Å². The predicted molar refractivity (Wildman–Crippen MR) is 72.4 cm³/mol. The van der Waals surface area contributed by atoms with Gasteiger partial charge in [0.15, 0.2) is 0 Å². The van der Waals surface area contributed by atoms with Crippen LogP contribution < -0.4 is 5.73 Å². The van der Waals surface area contributed by atoms with Crippen LogP contribution in [-0.4, -0.2) is 57.4 Å². The zero-order chi connectivity index (χ0) is 14.0. The fraction of sp³-hybridized carbons (Fsp3) is 0.923. The third kappa shape index (κ3) is 7.63. The largest absolute Gasteiger partial charge is 0.385 e. The molecule has 108 valence electrons. The van der Waals surface area contributed by atoms with Gasteiger partial charge in [-0.25, -0.2) is 0 Å². The van der Waals surface area contributed by atoms with Crippen LogP contribution >= 0.6 is 0 Å². The van der Waals surface area contributed by atoms with E-state index >= 15 is 0 Å². The Balaban J connectivity index is 4.28. The minimum absolute atomic E-state index is 0.0110. The fourth-order valence-corrected chi connectivity index (χ4v) is 1.78. The van der Waals surface area contributed by atoms with E-state index in [2.05, 4.69) is 13.8 Å². The molecule has 0 spiro atoms. The monoisotopic (exact) mass is 260 g/mol. The molecule has 2 N–H and O–H groups in total. The second-order valence-electron chi connectivity index (χ2n) is 4.90. The van der Waals surface area contributed by atoms with E-state index in [9.17, 15) is 4.79 Å². The summed E-state index contributed by atoms with van der Waals surface area (Å²) >= 11 is 0. The normalized spacial score (nSPS) is 12.8. The average molecular weight is 260 g/mol. The first kappa shape index (κ1) is 17.4. The van der Waals surface area contributed by atoms with Crippen LogP contribution in [0, 0.1) is 5.92 Å². The van der Waals surface area contributed by atoms with Gasteiger partial charge in [0.05, 0.1) is 12.6 Å². The van der Waals surface area contributed by atoms with Gasteiger partial charge in [0.1, 0.15) is 0 Å². The number of nitrogens with zero attached hydrogens (tertiary/aromatic N) is 1. The molecule has 0 aromatic carbocycles. The fourth-order valence-electron chi connectivity index (χ4n) is 1.78. The summed E-state index contributed by atoms with van der Waals surface area (Å²) in [7, 11) is 3.29. The standard InChI is InChI=1S/C13H28N2O3/c1-11(2)10-12(14)13(16)15(7-9-18-4)6-5-8-17-3/h11-12H,5-10,14H2,1-4H3. The van der Waals surface area contributed by atoms with Crippen molar-refractivity contribution in [3.63, 3.8) is 0 Å². The first-order chi connectivity index (χ1) is 8.52. The van der Waals surface area contributed by atoms with Gasteiger partial charge in [-0.05, 0) is 18.8 Å². The second kappa shape index (κ2) is 10.3. The first-order valence-electron chi connectivity index (χ1n) is 6.55. The van der Waals surface area contributed by atoms with Gasteiger partial charge < -0.3 is 20.1 Å². The Bertz CT molecular complexity index is 222. The zero-order valence-electron chi connectivity index (χ0n) is 12.1. The maximum Gasteiger partial charge on any atom is 0.239 e. The van der Waals surface area contributed by atoms with Gasteiger partial charge in [0.2, 0.25) is 5.91 Å². The van der Waals surface area contributed by atoms with Crippen molar-refractivity contribution < 1.29 is 14.3 Å². The lowest BCUT2D eigenvalue weighted by molar-refractivity contribution is -0.133. The highest BCUT2D eigenvalue weighted by Crippen LogP contribution is 2.06. The van der Waals surface area contributed by atoms with Crippen LogP contribution in [0.2, 0.25) is 0 Å². The summed E-state index contributed by atoms with van der Waals surface area (Å²) in [5.41, 5.74) is 5.93. The van der Waals surface area contributed by atoms with Crippen LogP contribution in [0.15, 0.2) is 0 Å². The van der Waals surface area contributed by atoms with Gasteiger partial charge in [0.25, 0.3) is 0 Å². The molecule has 1 amide bonds. The molecule has 0 fully saturated rings. The van der Waals surface area contributed by atoms with Crippen LogP contribution in [0.5, 0.6) is 0 Å². The zero-order valence-corrected chi connectivity index (χ0v) is 12.1. The van der Waals surface area contributed by atoms with Crippen LogP contribution in [0.3, 0.4) is 0 Å². The molecular weight excluding hydrogens is 232 g/mol. The second-order valence-corrected chi connectivity index (χ2v) is 4.90. The Hall–Kier alpha value is -0.650. The maximum absolute atomic E-state index is 12.2. The van der Waals surface area contributed by atoms with E-state index in [4.69, 9.17) is 15.2 Å². The van der Waals surface area contributed by atoms with Crippen molar-refractivity contribution in [1.29, 1.82) is 0 Å². The van der Waals surface area contributed by atoms with Gasteiger partial charge in [-0.2, -0.15) is 0 Å². The van der Waals surface area contributed by atoms with Crippen molar-refractivity contribution in [3.8, 4) is 0 Å². The summed E-state index contributed by atoms with van der Waals surface area (Å²) in [6, 6.07) is -0.413. The van der Waals surface area contributed by atoms with Crippen molar-refractivity contribution in [3.05, 3.63) is 0 Å². The molecular formula is C13H28N2O3. The lowest BCUT2D eigenvalue weighted by Crippen LogP contribution is -2.46. The molecule has 1 unspecified atom stereocenters. The van der Waals surface area contributed by atoms with E-state index in [1.54, 1.807) is 19.1 Å². The Morgan fingerprint density at radius 1 is 1.17 bits per heavy atom. The van der Waals surface area contributed by atoms with Crippen LogP contribution in [-0.2, 0) is 14.3 Å². The van der Waals surface area contributed by atoms with E-state index in [0.717, 1.165) is 6.42 Å². The number of carbonyl (C=O) groups excluding carboxylic acids is 1. The van der Waals surface area contributed by atoms with E-state index in [-0.39, 0.29) is 5.91 Å². The van der Waals surface area contributed by atoms with E-state index in [0.29, 0.717) is 38.6 Å². The van der Waals surface area contributed by atoms with Crippen LogP contribution in [0.25, 0.3) is 0 Å². The summed E-state index contributed by atoms with van der Waals surface area (Å²) in [6.45, 7) is 6.57. The Kier molecular flexibility index (Phi) is 9.92.